The fourth-order valence-electron chi connectivity index (χ4n) is 3.93. The van der Waals surface area contributed by atoms with Gasteiger partial charge in [0.05, 0.1) is 24.4 Å². The highest BCUT2D eigenvalue weighted by Gasteiger charge is 2.20. The zero-order valence-corrected chi connectivity index (χ0v) is 19.9. The molecule has 0 amide bonds. The third-order valence-corrected chi connectivity index (χ3v) is 5.61. The van der Waals surface area contributed by atoms with Gasteiger partial charge in [0.2, 0.25) is 0 Å². The van der Waals surface area contributed by atoms with Crippen molar-refractivity contribution in [2.24, 2.45) is 0 Å². The van der Waals surface area contributed by atoms with Crippen molar-refractivity contribution >= 4 is 39.8 Å². The second-order valence-electron chi connectivity index (χ2n) is 7.71. The number of benzene rings is 1. The number of carbonyl (C=O) groups excluding carboxylic acids is 1. The highest BCUT2D eigenvalue weighted by molar-refractivity contribution is 6.29. The fraction of sp³-hybridized carbons (Fsp3) is 0.280. The van der Waals surface area contributed by atoms with Crippen molar-refractivity contribution in [3.63, 3.8) is 0 Å². The molecule has 4 aromatic rings. The van der Waals surface area contributed by atoms with Crippen LogP contribution in [-0.2, 0) is 11.2 Å². The van der Waals surface area contributed by atoms with Gasteiger partial charge in [-0.1, -0.05) is 30.5 Å². The number of halogens is 1. The SMILES string of the molecule is CC#Cc1cn2c(CC)nc3c([C@@H](C)Nc4ccc(Cl)nc4C(=O)OC)cc(C)cc3c2n1. The van der Waals surface area contributed by atoms with E-state index in [0.717, 1.165) is 39.9 Å². The van der Waals surface area contributed by atoms with Crippen LogP contribution >= 0.6 is 11.6 Å². The molecule has 0 spiro atoms. The second kappa shape index (κ2) is 9.08. The molecular weight excluding hydrogens is 438 g/mol. The Morgan fingerprint density at radius 3 is 2.76 bits per heavy atom. The van der Waals surface area contributed by atoms with Gasteiger partial charge >= 0.3 is 5.97 Å². The Labute approximate surface area is 197 Å². The van der Waals surface area contributed by atoms with Crippen molar-refractivity contribution < 1.29 is 9.53 Å². The normalized spacial score (nSPS) is 11.8. The Hall–Kier alpha value is -3.63. The second-order valence-corrected chi connectivity index (χ2v) is 8.10. The highest BCUT2D eigenvalue weighted by atomic mass is 35.5. The number of ether oxygens (including phenoxy) is 1. The third-order valence-electron chi connectivity index (χ3n) is 5.40. The molecule has 0 aliphatic rings. The molecule has 3 aromatic heterocycles. The number of esters is 1. The molecule has 0 saturated carbocycles. The molecule has 0 fully saturated rings. The molecule has 4 rings (SSSR count). The molecule has 1 aromatic carbocycles. The summed E-state index contributed by atoms with van der Waals surface area (Å²) in [5.41, 5.74) is 5.13. The Morgan fingerprint density at radius 1 is 1.27 bits per heavy atom. The van der Waals surface area contributed by atoms with Crippen LogP contribution in [0.2, 0.25) is 5.15 Å². The predicted octanol–water partition coefficient (Wildman–Crippen LogP) is 5.13. The number of methoxy groups -OCH3 is 1. The first-order chi connectivity index (χ1) is 15.9. The number of imidazole rings is 1. The van der Waals surface area contributed by atoms with Gasteiger partial charge in [0.25, 0.3) is 0 Å². The molecule has 0 unspecified atom stereocenters. The Morgan fingerprint density at radius 2 is 2.06 bits per heavy atom. The lowest BCUT2D eigenvalue weighted by Crippen LogP contribution is -2.14. The molecule has 7 nitrogen and oxygen atoms in total. The fourth-order valence-corrected chi connectivity index (χ4v) is 4.08. The van der Waals surface area contributed by atoms with Crippen molar-refractivity contribution in [2.75, 3.05) is 12.4 Å². The van der Waals surface area contributed by atoms with Crippen LogP contribution in [0.5, 0.6) is 0 Å². The number of carbonyl (C=O) groups is 1. The van der Waals surface area contributed by atoms with E-state index in [1.54, 1.807) is 19.1 Å². The summed E-state index contributed by atoms with van der Waals surface area (Å²) >= 11 is 6.01. The molecule has 1 atom stereocenters. The van der Waals surface area contributed by atoms with Gasteiger partial charge in [-0.15, -0.1) is 0 Å². The first kappa shape index (κ1) is 22.6. The third kappa shape index (κ3) is 4.22. The van der Waals surface area contributed by atoms with E-state index in [1.807, 2.05) is 24.4 Å². The maximum absolute atomic E-state index is 12.2. The van der Waals surface area contributed by atoms with Crippen molar-refractivity contribution in [1.82, 2.24) is 19.4 Å². The first-order valence-corrected chi connectivity index (χ1v) is 11.0. The number of fused-ring (bicyclic) bond motifs is 3. The van der Waals surface area contributed by atoms with Crippen LogP contribution in [0.25, 0.3) is 16.6 Å². The summed E-state index contributed by atoms with van der Waals surface area (Å²) in [6, 6.07) is 7.36. The first-order valence-electron chi connectivity index (χ1n) is 10.6. The zero-order chi connectivity index (χ0) is 23.7. The summed E-state index contributed by atoms with van der Waals surface area (Å²) in [6.07, 6.45) is 2.67. The van der Waals surface area contributed by atoms with E-state index in [2.05, 4.69) is 41.2 Å². The number of anilines is 1. The van der Waals surface area contributed by atoms with E-state index < -0.39 is 5.97 Å². The Balaban J connectivity index is 1.88. The minimum atomic E-state index is -0.559. The molecule has 0 aliphatic heterocycles. The lowest BCUT2D eigenvalue weighted by molar-refractivity contribution is 0.0595. The summed E-state index contributed by atoms with van der Waals surface area (Å²) in [5, 5.41) is 4.55. The van der Waals surface area contributed by atoms with Gasteiger partial charge in [-0.25, -0.2) is 19.7 Å². The molecular formula is C25H24ClN5O2. The van der Waals surface area contributed by atoms with Gasteiger partial charge in [-0.3, -0.25) is 4.40 Å². The van der Waals surface area contributed by atoms with Gasteiger partial charge in [-0.2, -0.15) is 0 Å². The van der Waals surface area contributed by atoms with Gasteiger partial charge in [0.15, 0.2) is 5.69 Å². The predicted molar refractivity (Wildman–Crippen MR) is 130 cm³/mol. The molecule has 1 N–H and O–H groups in total. The summed E-state index contributed by atoms with van der Waals surface area (Å²) in [6.45, 7) is 7.92. The Bertz CT molecular complexity index is 1450. The summed E-state index contributed by atoms with van der Waals surface area (Å²) < 4.78 is 6.89. The van der Waals surface area contributed by atoms with Gasteiger partial charge in [-0.05, 0) is 50.5 Å². The number of pyridine rings is 1. The van der Waals surface area contributed by atoms with Gasteiger partial charge < -0.3 is 10.1 Å². The molecule has 0 bridgehead atoms. The van der Waals surface area contributed by atoms with Crippen LogP contribution < -0.4 is 5.32 Å². The Kier molecular flexibility index (Phi) is 6.21. The van der Waals surface area contributed by atoms with Crippen LogP contribution in [0.1, 0.15) is 59.9 Å². The quantitative estimate of drug-likeness (QED) is 0.252. The summed E-state index contributed by atoms with van der Waals surface area (Å²) in [7, 11) is 1.31. The number of nitrogens with zero attached hydrogens (tertiary/aromatic N) is 4. The maximum Gasteiger partial charge on any atom is 0.358 e. The van der Waals surface area contributed by atoms with E-state index >= 15 is 0 Å². The minimum absolute atomic E-state index is 0.134. The number of hydrogen-bond donors (Lipinski definition) is 1. The number of aromatic nitrogens is 4. The standard InChI is InChI=1S/C25H24ClN5O2/c1-6-8-16-13-31-21(7-2)30-22-17(11-14(3)12-18(22)24(31)28-16)15(4)27-19-9-10-20(26)29-23(19)25(32)33-5/h9-13,15,27H,7H2,1-5H3/t15-/m1/s1. The van der Waals surface area contributed by atoms with Crippen molar-refractivity contribution in [1.29, 1.82) is 0 Å². The molecule has 33 heavy (non-hydrogen) atoms. The summed E-state index contributed by atoms with van der Waals surface area (Å²) in [5.74, 6) is 6.29. The van der Waals surface area contributed by atoms with E-state index in [4.69, 9.17) is 26.3 Å². The number of nitrogens with one attached hydrogen (secondary N) is 1. The highest BCUT2D eigenvalue weighted by Crippen LogP contribution is 2.31. The van der Waals surface area contributed by atoms with E-state index in [9.17, 15) is 4.79 Å². The molecule has 0 radical (unpaired) electrons. The number of hydrogen-bond acceptors (Lipinski definition) is 6. The number of rotatable bonds is 5. The molecule has 3 heterocycles. The average Bonchev–Trinajstić information content (AvgIpc) is 3.23. The molecule has 0 saturated heterocycles. The van der Waals surface area contributed by atoms with Crippen molar-refractivity contribution in [2.45, 2.75) is 40.2 Å². The van der Waals surface area contributed by atoms with Gasteiger partial charge in [0, 0.05) is 23.6 Å². The lowest BCUT2D eigenvalue weighted by Gasteiger charge is -2.20. The van der Waals surface area contributed by atoms with E-state index in [-0.39, 0.29) is 16.9 Å². The van der Waals surface area contributed by atoms with Gasteiger partial charge in [0.1, 0.15) is 22.3 Å². The molecule has 8 heteroatoms. The zero-order valence-electron chi connectivity index (χ0n) is 19.2. The van der Waals surface area contributed by atoms with E-state index in [1.165, 1.54) is 7.11 Å². The largest absolute Gasteiger partial charge is 0.464 e. The monoisotopic (exact) mass is 461 g/mol. The van der Waals surface area contributed by atoms with Crippen LogP contribution in [0.3, 0.4) is 0 Å². The van der Waals surface area contributed by atoms with Crippen molar-refractivity contribution in [3.8, 4) is 11.8 Å². The average molecular weight is 462 g/mol. The molecule has 0 aliphatic carbocycles. The smallest absolute Gasteiger partial charge is 0.358 e. The van der Waals surface area contributed by atoms with Crippen molar-refractivity contribution in [3.05, 3.63) is 64.0 Å². The summed E-state index contributed by atoms with van der Waals surface area (Å²) in [4.78, 5) is 26.1. The minimum Gasteiger partial charge on any atom is -0.464 e. The number of aryl methyl sites for hydroxylation is 2. The van der Waals surface area contributed by atoms with Crippen LogP contribution in [-0.4, -0.2) is 32.4 Å². The van der Waals surface area contributed by atoms with Crippen LogP contribution in [0, 0.1) is 18.8 Å². The van der Waals surface area contributed by atoms with Crippen LogP contribution in [0.4, 0.5) is 5.69 Å². The maximum atomic E-state index is 12.2. The topological polar surface area (TPSA) is 81.4 Å². The lowest BCUT2D eigenvalue weighted by atomic mass is 10.0. The molecule has 168 valence electrons. The van der Waals surface area contributed by atoms with Crippen LogP contribution in [0.15, 0.2) is 30.5 Å². The van der Waals surface area contributed by atoms with E-state index in [0.29, 0.717) is 11.4 Å².